The first kappa shape index (κ1) is 11.9. The Labute approximate surface area is 98.7 Å². The summed E-state index contributed by atoms with van der Waals surface area (Å²) in [5, 5.41) is 10.3. The predicted octanol–water partition coefficient (Wildman–Crippen LogP) is 2.09. The molecule has 2 nitrogen and oxygen atoms in total. The molecule has 0 fully saturated rings. The van der Waals surface area contributed by atoms with E-state index in [-0.39, 0.29) is 5.92 Å². The molecule has 2 unspecified atom stereocenters. The first-order valence-corrected chi connectivity index (χ1v) is 5.75. The van der Waals surface area contributed by atoms with Crippen molar-refractivity contribution in [2.45, 2.75) is 19.4 Å². The van der Waals surface area contributed by atoms with E-state index >= 15 is 0 Å². The molecule has 0 amide bonds. The molecule has 0 bridgehead atoms. The van der Waals surface area contributed by atoms with Gasteiger partial charge in [0.15, 0.2) is 0 Å². The van der Waals surface area contributed by atoms with Crippen LogP contribution in [0.4, 0.5) is 0 Å². The fourth-order valence-corrected chi connectivity index (χ4v) is 1.66. The summed E-state index contributed by atoms with van der Waals surface area (Å²) in [7, 11) is 0. The van der Waals surface area contributed by atoms with Crippen molar-refractivity contribution in [2.24, 2.45) is 11.7 Å². The molecule has 0 aliphatic rings. The Balaban J connectivity index is 2.97. The summed E-state index contributed by atoms with van der Waals surface area (Å²) >= 11 is 2.24. The molecule has 0 heterocycles. The van der Waals surface area contributed by atoms with E-state index in [9.17, 15) is 5.11 Å². The zero-order valence-corrected chi connectivity index (χ0v) is 10.7. The fraction of sp³-hybridized carbons (Fsp3) is 0.455. The van der Waals surface area contributed by atoms with E-state index in [1.165, 1.54) is 3.57 Å². The van der Waals surface area contributed by atoms with E-state index in [0.29, 0.717) is 6.54 Å². The smallest absolute Gasteiger partial charge is 0.0905 e. The highest BCUT2D eigenvalue weighted by atomic mass is 127. The first-order valence-electron chi connectivity index (χ1n) is 4.67. The van der Waals surface area contributed by atoms with Crippen LogP contribution in [0.3, 0.4) is 0 Å². The molecule has 3 heteroatoms. The average molecular weight is 305 g/mol. The monoisotopic (exact) mass is 305 g/mol. The summed E-state index contributed by atoms with van der Waals surface area (Å²) in [5.74, 6) is 0.0579. The lowest BCUT2D eigenvalue weighted by Crippen LogP contribution is -2.34. The van der Waals surface area contributed by atoms with Crippen LogP contribution in [0.2, 0.25) is 0 Å². The summed E-state index contributed by atoms with van der Waals surface area (Å²) < 4.78 is 1.17. The molecule has 0 radical (unpaired) electrons. The minimum atomic E-state index is -0.834. The van der Waals surface area contributed by atoms with Crippen LogP contribution >= 0.6 is 22.6 Å². The SMILES string of the molecule is CC(CN)C(C)(O)c1ccc(I)cc1. The number of aliphatic hydroxyl groups is 1. The van der Waals surface area contributed by atoms with Crippen molar-refractivity contribution in [1.29, 1.82) is 0 Å². The fourth-order valence-electron chi connectivity index (χ4n) is 1.30. The van der Waals surface area contributed by atoms with Gasteiger partial charge in [-0.25, -0.2) is 0 Å². The van der Waals surface area contributed by atoms with Crippen LogP contribution in [0.15, 0.2) is 24.3 Å². The van der Waals surface area contributed by atoms with Gasteiger partial charge in [-0.3, -0.25) is 0 Å². The van der Waals surface area contributed by atoms with Crippen LogP contribution in [-0.2, 0) is 5.60 Å². The zero-order chi connectivity index (χ0) is 10.8. The molecule has 1 aromatic carbocycles. The third-order valence-corrected chi connectivity index (χ3v) is 3.46. The standard InChI is InChI=1S/C11H16INO/c1-8(7-13)11(2,14)9-3-5-10(12)6-4-9/h3-6,8,14H,7,13H2,1-2H3. The second-order valence-electron chi connectivity index (χ2n) is 3.79. The minimum absolute atomic E-state index is 0.0579. The van der Waals surface area contributed by atoms with Gasteiger partial charge >= 0.3 is 0 Å². The topological polar surface area (TPSA) is 46.2 Å². The number of nitrogens with two attached hydrogens (primary N) is 1. The lowest BCUT2D eigenvalue weighted by molar-refractivity contribution is 0.00518. The van der Waals surface area contributed by atoms with Gasteiger partial charge in [-0.1, -0.05) is 19.1 Å². The van der Waals surface area contributed by atoms with E-state index in [4.69, 9.17) is 5.73 Å². The Bertz CT molecular complexity index is 295. The molecule has 1 aromatic rings. The molecule has 2 atom stereocenters. The highest BCUT2D eigenvalue weighted by Crippen LogP contribution is 2.28. The van der Waals surface area contributed by atoms with Crippen LogP contribution < -0.4 is 5.73 Å². The Morgan fingerprint density at radius 1 is 1.43 bits per heavy atom. The maximum Gasteiger partial charge on any atom is 0.0905 e. The summed E-state index contributed by atoms with van der Waals surface area (Å²) in [6.07, 6.45) is 0. The van der Waals surface area contributed by atoms with Gasteiger partial charge in [-0.2, -0.15) is 0 Å². The van der Waals surface area contributed by atoms with E-state index in [0.717, 1.165) is 5.56 Å². The van der Waals surface area contributed by atoms with E-state index in [2.05, 4.69) is 22.6 Å². The molecule has 0 spiro atoms. The zero-order valence-electron chi connectivity index (χ0n) is 8.50. The lowest BCUT2D eigenvalue weighted by Gasteiger charge is -2.30. The lowest BCUT2D eigenvalue weighted by atomic mass is 9.84. The number of hydrogen-bond donors (Lipinski definition) is 2. The van der Waals surface area contributed by atoms with Crippen LogP contribution in [0.1, 0.15) is 19.4 Å². The van der Waals surface area contributed by atoms with Crippen LogP contribution in [0, 0.1) is 9.49 Å². The van der Waals surface area contributed by atoms with Crippen molar-refractivity contribution in [3.05, 3.63) is 33.4 Å². The second kappa shape index (κ2) is 4.59. The predicted molar refractivity (Wildman–Crippen MR) is 66.9 cm³/mol. The van der Waals surface area contributed by atoms with Gasteiger partial charge in [0.05, 0.1) is 5.60 Å². The van der Waals surface area contributed by atoms with Gasteiger partial charge in [0.2, 0.25) is 0 Å². The van der Waals surface area contributed by atoms with E-state index in [1.54, 1.807) is 0 Å². The summed E-state index contributed by atoms with van der Waals surface area (Å²) in [6, 6.07) is 7.89. The Hall–Kier alpha value is -0.130. The molecule has 0 saturated heterocycles. The Kier molecular flexibility index (Phi) is 3.92. The second-order valence-corrected chi connectivity index (χ2v) is 5.04. The molecule has 14 heavy (non-hydrogen) atoms. The third kappa shape index (κ3) is 2.46. The van der Waals surface area contributed by atoms with Gasteiger partial charge in [0.25, 0.3) is 0 Å². The van der Waals surface area contributed by atoms with Crippen molar-refractivity contribution >= 4 is 22.6 Å². The van der Waals surface area contributed by atoms with Crippen LogP contribution in [-0.4, -0.2) is 11.7 Å². The highest BCUT2D eigenvalue weighted by molar-refractivity contribution is 14.1. The van der Waals surface area contributed by atoms with Gasteiger partial charge in [0, 0.05) is 9.49 Å². The van der Waals surface area contributed by atoms with Crippen molar-refractivity contribution in [1.82, 2.24) is 0 Å². The Morgan fingerprint density at radius 2 is 1.93 bits per heavy atom. The maximum atomic E-state index is 10.3. The first-order chi connectivity index (χ1) is 6.48. The molecule has 0 saturated carbocycles. The van der Waals surface area contributed by atoms with Crippen molar-refractivity contribution in [3.8, 4) is 0 Å². The number of benzene rings is 1. The number of hydrogen-bond acceptors (Lipinski definition) is 2. The quantitative estimate of drug-likeness (QED) is 0.840. The number of rotatable bonds is 3. The minimum Gasteiger partial charge on any atom is -0.385 e. The summed E-state index contributed by atoms with van der Waals surface area (Å²) in [6.45, 7) is 4.25. The van der Waals surface area contributed by atoms with Crippen LogP contribution in [0.25, 0.3) is 0 Å². The molecule has 0 aliphatic carbocycles. The molecule has 1 rings (SSSR count). The van der Waals surface area contributed by atoms with E-state index in [1.807, 2.05) is 38.1 Å². The third-order valence-electron chi connectivity index (χ3n) is 2.74. The Morgan fingerprint density at radius 3 is 2.36 bits per heavy atom. The highest BCUT2D eigenvalue weighted by Gasteiger charge is 2.29. The molecular weight excluding hydrogens is 289 g/mol. The van der Waals surface area contributed by atoms with Crippen molar-refractivity contribution < 1.29 is 5.11 Å². The largest absolute Gasteiger partial charge is 0.385 e. The molecule has 0 aromatic heterocycles. The number of halogens is 1. The van der Waals surface area contributed by atoms with Gasteiger partial charge < -0.3 is 10.8 Å². The molecular formula is C11H16INO. The van der Waals surface area contributed by atoms with E-state index < -0.39 is 5.60 Å². The van der Waals surface area contributed by atoms with Crippen molar-refractivity contribution in [3.63, 3.8) is 0 Å². The van der Waals surface area contributed by atoms with Gasteiger partial charge in [-0.05, 0) is 53.8 Å². The maximum absolute atomic E-state index is 10.3. The summed E-state index contributed by atoms with van der Waals surface area (Å²) in [5.41, 5.74) is 5.66. The van der Waals surface area contributed by atoms with Crippen LogP contribution in [0.5, 0.6) is 0 Å². The van der Waals surface area contributed by atoms with Crippen molar-refractivity contribution in [2.75, 3.05) is 6.54 Å². The molecule has 3 N–H and O–H groups in total. The molecule has 78 valence electrons. The average Bonchev–Trinajstić information content (AvgIpc) is 2.17. The van der Waals surface area contributed by atoms with Gasteiger partial charge in [0.1, 0.15) is 0 Å². The normalized spacial score (nSPS) is 17.5. The molecule has 0 aliphatic heterocycles. The van der Waals surface area contributed by atoms with Gasteiger partial charge in [-0.15, -0.1) is 0 Å². The summed E-state index contributed by atoms with van der Waals surface area (Å²) in [4.78, 5) is 0.